The minimum Gasteiger partial charge on any atom is -0.272 e. The molecule has 33 heavy (non-hydrogen) atoms. The molecule has 8 heteroatoms. The van der Waals surface area contributed by atoms with E-state index >= 15 is 0 Å². The summed E-state index contributed by atoms with van der Waals surface area (Å²) in [7, 11) is 0. The van der Waals surface area contributed by atoms with Crippen molar-refractivity contribution in [3.63, 3.8) is 0 Å². The van der Waals surface area contributed by atoms with Crippen LogP contribution in [0.25, 0.3) is 23.2 Å². The van der Waals surface area contributed by atoms with Crippen molar-refractivity contribution >= 4 is 30.0 Å². The van der Waals surface area contributed by atoms with Gasteiger partial charge in [-0.1, -0.05) is 65.9 Å². The van der Waals surface area contributed by atoms with Gasteiger partial charge in [0.2, 0.25) is 0 Å². The number of amides is 1. The first-order valence-corrected chi connectivity index (χ1v) is 11.3. The normalized spacial score (nSPS) is 11.3. The Kier molecular flexibility index (Phi) is 7.40. The molecule has 2 aromatic carbocycles. The Balaban J connectivity index is 1.44. The summed E-state index contributed by atoms with van der Waals surface area (Å²) in [6.45, 7) is 2.04. The Morgan fingerprint density at radius 3 is 2.55 bits per heavy atom. The number of carbonyl (C=O) groups excluding carboxylic acids is 1. The molecule has 2 aromatic heterocycles. The van der Waals surface area contributed by atoms with Gasteiger partial charge in [0, 0.05) is 29.9 Å². The van der Waals surface area contributed by atoms with E-state index in [4.69, 9.17) is 0 Å². The second-order valence-electron chi connectivity index (χ2n) is 7.08. The smallest absolute Gasteiger partial charge is 0.250 e. The fourth-order valence-corrected chi connectivity index (χ4v) is 3.76. The standard InChI is InChI=1S/C25H22N6OS/c1-19-9-11-22(12-10-19)31-24(21-13-16-26-17-14-21)29-30-25(31)33-18-23(32)28-27-15-5-8-20-6-3-2-4-7-20/h2-17H,18H2,1H3,(H,28,32). The minimum absolute atomic E-state index is 0.153. The van der Waals surface area contributed by atoms with Gasteiger partial charge in [0.15, 0.2) is 11.0 Å². The van der Waals surface area contributed by atoms with E-state index in [1.54, 1.807) is 24.7 Å². The topological polar surface area (TPSA) is 85.1 Å². The highest BCUT2D eigenvalue weighted by atomic mass is 32.2. The molecule has 1 amide bonds. The number of hydrogen-bond donors (Lipinski definition) is 1. The SMILES string of the molecule is Cc1ccc(-n2c(SCC(=O)NN=CC=Cc3ccccc3)nnc2-c2ccncc2)cc1. The molecule has 1 N–H and O–H groups in total. The van der Waals surface area contributed by atoms with Gasteiger partial charge in [-0.05, 0) is 42.8 Å². The van der Waals surface area contributed by atoms with Crippen molar-refractivity contribution in [1.82, 2.24) is 25.2 Å². The van der Waals surface area contributed by atoms with E-state index in [0.717, 1.165) is 22.4 Å². The highest BCUT2D eigenvalue weighted by molar-refractivity contribution is 7.99. The minimum atomic E-state index is -0.228. The van der Waals surface area contributed by atoms with Crippen molar-refractivity contribution in [2.75, 3.05) is 5.75 Å². The fraction of sp³-hybridized carbons (Fsp3) is 0.0800. The maximum absolute atomic E-state index is 12.3. The highest BCUT2D eigenvalue weighted by Gasteiger charge is 2.17. The third-order valence-corrected chi connectivity index (χ3v) is 5.56. The first-order chi connectivity index (χ1) is 16.2. The van der Waals surface area contributed by atoms with Crippen molar-refractivity contribution in [2.24, 2.45) is 5.10 Å². The van der Waals surface area contributed by atoms with Crippen molar-refractivity contribution in [1.29, 1.82) is 0 Å². The largest absolute Gasteiger partial charge is 0.272 e. The maximum Gasteiger partial charge on any atom is 0.250 e. The van der Waals surface area contributed by atoms with Crippen molar-refractivity contribution in [2.45, 2.75) is 12.1 Å². The molecule has 0 radical (unpaired) electrons. The van der Waals surface area contributed by atoms with E-state index in [1.807, 2.05) is 84.3 Å². The molecule has 2 heterocycles. The second-order valence-corrected chi connectivity index (χ2v) is 8.03. The van der Waals surface area contributed by atoms with Crippen LogP contribution >= 0.6 is 11.8 Å². The number of hydrazone groups is 1. The van der Waals surface area contributed by atoms with E-state index in [1.165, 1.54) is 11.8 Å². The molecule has 0 aliphatic heterocycles. The van der Waals surface area contributed by atoms with Gasteiger partial charge in [0.05, 0.1) is 5.75 Å². The first kappa shape index (κ1) is 22.2. The molecule has 0 aliphatic carbocycles. The first-order valence-electron chi connectivity index (χ1n) is 10.3. The van der Waals surface area contributed by atoms with Crippen LogP contribution in [0.3, 0.4) is 0 Å². The van der Waals surface area contributed by atoms with Crippen molar-refractivity contribution < 1.29 is 4.79 Å². The number of benzene rings is 2. The molecule has 0 fully saturated rings. The molecular formula is C25H22N6OS. The molecule has 0 unspecified atom stereocenters. The van der Waals surface area contributed by atoms with E-state index < -0.39 is 0 Å². The third kappa shape index (κ3) is 6.02. The van der Waals surface area contributed by atoms with Crippen LogP contribution in [0, 0.1) is 6.92 Å². The zero-order valence-corrected chi connectivity index (χ0v) is 18.8. The lowest BCUT2D eigenvalue weighted by molar-refractivity contribution is -0.118. The highest BCUT2D eigenvalue weighted by Crippen LogP contribution is 2.27. The van der Waals surface area contributed by atoms with Crippen molar-refractivity contribution in [3.05, 3.63) is 96.3 Å². The van der Waals surface area contributed by atoms with Gasteiger partial charge in [-0.15, -0.1) is 10.2 Å². The molecule has 164 valence electrons. The molecule has 4 rings (SSSR count). The summed E-state index contributed by atoms with van der Waals surface area (Å²) in [4.78, 5) is 16.4. The van der Waals surface area contributed by atoms with Gasteiger partial charge < -0.3 is 0 Å². The number of carbonyl (C=O) groups is 1. The summed E-state index contributed by atoms with van der Waals surface area (Å²) >= 11 is 1.30. The number of nitrogens with zero attached hydrogens (tertiary/aromatic N) is 5. The number of nitrogens with one attached hydrogen (secondary N) is 1. The van der Waals surface area contributed by atoms with E-state index in [2.05, 4.69) is 25.7 Å². The van der Waals surface area contributed by atoms with Crippen LogP contribution < -0.4 is 5.43 Å². The molecule has 0 spiro atoms. The summed E-state index contributed by atoms with van der Waals surface area (Å²) in [6.07, 6.45) is 8.67. The van der Waals surface area contributed by atoms with E-state index in [-0.39, 0.29) is 11.7 Å². The van der Waals surface area contributed by atoms with Crippen molar-refractivity contribution in [3.8, 4) is 17.1 Å². The Hall–Kier alpha value is -4.04. The van der Waals surface area contributed by atoms with Gasteiger partial charge >= 0.3 is 0 Å². The number of hydrogen-bond acceptors (Lipinski definition) is 6. The third-order valence-electron chi connectivity index (χ3n) is 4.63. The summed E-state index contributed by atoms with van der Waals surface area (Å²) in [5, 5.41) is 13.3. The monoisotopic (exact) mass is 454 g/mol. The number of allylic oxidation sites excluding steroid dienone is 1. The molecule has 4 aromatic rings. The van der Waals surface area contributed by atoms with Crippen LogP contribution in [-0.2, 0) is 4.79 Å². The number of pyridine rings is 1. The average Bonchev–Trinajstić information content (AvgIpc) is 3.28. The predicted octanol–water partition coefficient (Wildman–Crippen LogP) is 4.55. The van der Waals surface area contributed by atoms with Crippen LogP contribution in [0.5, 0.6) is 0 Å². The van der Waals surface area contributed by atoms with Gasteiger partial charge in [-0.2, -0.15) is 5.10 Å². The Morgan fingerprint density at radius 1 is 1.03 bits per heavy atom. The molecule has 0 bridgehead atoms. The van der Waals surface area contributed by atoms with Crippen LogP contribution in [0.2, 0.25) is 0 Å². The number of aromatic nitrogens is 4. The van der Waals surface area contributed by atoms with Crippen LogP contribution in [-0.4, -0.2) is 37.6 Å². The molecular weight excluding hydrogens is 432 g/mol. The predicted molar refractivity (Wildman–Crippen MR) is 132 cm³/mol. The summed E-state index contributed by atoms with van der Waals surface area (Å²) in [6, 6.07) is 21.7. The molecule has 7 nitrogen and oxygen atoms in total. The number of aryl methyl sites for hydroxylation is 1. The molecule has 0 saturated heterocycles. The van der Waals surface area contributed by atoms with Crippen LogP contribution in [0.1, 0.15) is 11.1 Å². The van der Waals surface area contributed by atoms with Crippen LogP contribution in [0.15, 0.2) is 95.5 Å². The van der Waals surface area contributed by atoms with Gasteiger partial charge in [0.1, 0.15) is 0 Å². The lowest BCUT2D eigenvalue weighted by atomic mass is 10.2. The summed E-state index contributed by atoms with van der Waals surface area (Å²) in [5.41, 5.74) is 6.57. The lowest BCUT2D eigenvalue weighted by Crippen LogP contribution is -2.19. The second kappa shape index (κ2) is 11.0. The fourth-order valence-electron chi connectivity index (χ4n) is 3.01. The van der Waals surface area contributed by atoms with Crippen LogP contribution in [0.4, 0.5) is 0 Å². The lowest BCUT2D eigenvalue weighted by Gasteiger charge is -2.10. The number of thioether (sulfide) groups is 1. The Labute approximate surface area is 196 Å². The molecule has 0 atom stereocenters. The van der Waals surface area contributed by atoms with Gasteiger partial charge in [-0.3, -0.25) is 14.3 Å². The number of rotatable bonds is 8. The molecule has 0 aliphatic rings. The quantitative estimate of drug-likeness (QED) is 0.240. The zero-order valence-electron chi connectivity index (χ0n) is 18.0. The van der Waals surface area contributed by atoms with E-state index in [9.17, 15) is 4.79 Å². The summed E-state index contributed by atoms with van der Waals surface area (Å²) < 4.78 is 1.94. The molecule has 0 saturated carbocycles. The van der Waals surface area contributed by atoms with Gasteiger partial charge in [-0.25, -0.2) is 5.43 Å². The van der Waals surface area contributed by atoms with Gasteiger partial charge in [0.25, 0.3) is 5.91 Å². The summed E-state index contributed by atoms with van der Waals surface area (Å²) in [5.74, 6) is 0.613. The Morgan fingerprint density at radius 2 is 1.79 bits per heavy atom. The zero-order chi connectivity index (χ0) is 22.9. The van der Waals surface area contributed by atoms with E-state index in [0.29, 0.717) is 11.0 Å². The average molecular weight is 455 g/mol. The Bertz CT molecular complexity index is 1250. The maximum atomic E-state index is 12.3.